The molecule has 0 fully saturated rings. The summed E-state index contributed by atoms with van der Waals surface area (Å²) in [5, 5.41) is 6.43. The van der Waals surface area contributed by atoms with Crippen LogP contribution in [0.1, 0.15) is 18.5 Å². The zero-order valence-corrected chi connectivity index (χ0v) is 15.0. The molecule has 0 bridgehead atoms. The Kier molecular flexibility index (Phi) is 5.50. The largest absolute Gasteiger partial charge is 0.493 e. The van der Waals surface area contributed by atoms with Crippen molar-refractivity contribution in [2.24, 2.45) is 0 Å². The van der Waals surface area contributed by atoms with E-state index in [0.717, 1.165) is 5.56 Å². The maximum Gasteiger partial charge on any atom is 0.337 e. The molecule has 1 aliphatic rings. The third kappa shape index (κ3) is 3.23. The fourth-order valence-corrected chi connectivity index (χ4v) is 2.86. The molecule has 130 valence electrons. The number of nitrogens with one attached hydrogen (secondary N) is 2. The molecule has 0 aliphatic carbocycles. The first-order valence-electron chi connectivity index (χ1n) is 7.13. The lowest BCUT2D eigenvalue weighted by Gasteiger charge is -2.30. The van der Waals surface area contributed by atoms with Gasteiger partial charge in [0.05, 0.1) is 40.1 Å². The molecule has 2 rings (SSSR count). The van der Waals surface area contributed by atoms with Gasteiger partial charge in [-0.25, -0.2) is 4.79 Å². The molecule has 0 saturated heterocycles. The Hall–Kier alpha value is -2.48. The summed E-state index contributed by atoms with van der Waals surface area (Å²) >= 11 is 5.21. The lowest BCUT2D eigenvalue weighted by Crippen LogP contribution is -2.45. The normalized spacial score (nSPS) is 16.9. The monoisotopic (exact) mass is 352 g/mol. The van der Waals surface area contributed by atoms with Crippen molar-refractivity contribution in [3.63, 3.8) is 0 Å². The molecule has 1 atom stereocenters. The fourth-order valence-electron chi connectivity index (χ4n) is 2.59. The first-order valence-corrected chi connectivity index (χ1v) is 7.54. The molecule has 0 saturated carbocycles. The number of benzene rings is 1. The minimum atomic E-state index is -0.500. The first-order chi connectivity index (χ1) is 11.5. The lowest BCUT2D eigenvalue weighted by atomic mass is 9.95. The number of carbonyl (C=O) groups is 1. The van der Waals surface area contributed by atoms with Crippen molar-refractivity contribution in [2.45, 2.75) is 13.0 Å². The van der Waals surface area contributed by atoms with Crippen molar-refractivity contribution < 1.29 is 23.7 Å². The molecule has 0 amide bonds. The van der Waals surface area contributed by atoms with E-state index in [4.69, 9.17) is 31.2 Å². The molecule has 8 heteroatoms. The zero-order valence-electron chi connectivity index (χ0n) is 14.2. The van der Waals surface area contributed by atoms with E-state index in [2.05, 4.69) is 10.6 Å². The number of carbonyl (C=O) groups excluding carboxylic acids is 1. The van der Waals surface area contributed by atoms with Gasteiger partial charge in [0.25, 0.3) is 0 Å². The van der Waals surface area contributed by atoms with E-state index < -0.39 is 12.0 Å². The van der Waals surface area contributed by atoms with Crippen molar-refractivity contribution >= 4 is 23.3 Å². The molecule has 1 unspecified atom stereocenters. The number of rotatable bonds is 5. The van der Waals surface area contributed by atoms with Gasteiger partial charge in [0.2, 0.25) is 5.75 Å². The predicted octanol–water partition coefficient (Wildman–Crippen LogP) is 1.68. The first kappa shape index (κ1) is 17.9. The number of thiocarbonyl (C=S) groups is 1. The average Bonchev–Trinajstić information content (AvgIpc) is 2.58. The van der Waals surface area contributed by atoms with E-state index in [9.17, 15) is 4.79 Å². The standard InChI is InChI=1S/C16H20N2O5S/c1-8-12(15(19)23-5)13(18-16(24)17-8)9-6-10(20-2)14(22-4)11(7-9)21-3/h6-7,13H,1-5H3,(H2,17,18,24). The van der Waals surface area contributed by atoms with Crippen LogP contribution in [-0.4, -0.2) is 39.5 Å². The van der Waals surface area contributed by atoms with Crippen molar-refractivity contribution in [3.05, 3.63) is 29.0 Å². The van der Waals surface area contributed by atoms with E-state index in [-0.39, 0.29) is 0 Å². The van der Waals surface area contributed by atoms with Gasteiger partial charge in [-0.05, 0) is 36.8 Å². The van der Waals surface area contributed by atoms with Crippen LogP contribution in [0, 0.1) is 0 Å². The number of hydrogen-bond donors (Lipinski definition) is 2. The van der Waals surface area contributed by atoms with Crippen LogP contribution in [0.4, 0.5) is 0 Å². The van der Waals surface area contributed by atoms with Gasteiger partial charge in [0.1, 0.15) is 0 Å². The third-order valence-corrected chi connectivity index (χ3v) is 3.91. The van der Waals surface area contributed by atoms with E-state index in [1.165, 1.54) is 28.4 Å². The SMILES string of the molecule is COC(=O)C1=C(C)NC(=S)NC1c1cc(OC)c(OC)c(OC)c1. The van der Waals surface area contributed by atoms with Gasteiger partial charge >= 0.3 is 5.97 Å². The highest BCUT2D eigenvalue weighted by atomic mass is 32.1. The van der Waals surface area contributed by atoms with Gasteiger partial charge in [0.15, 0.2) is 16.6 Å². The maximum absolute atomic E-state index is 12.2. The smallest absolute Gasteiger partial charge is 0.337 e. The fraction of sp³-hybridized carbons (Fsp3) is 0.375. The molecule has 0 radical (unpaired) electrons. The Balaban J connectivity index is 2.61. The molecule has 1 aromatic carbocycles. The molecule has 1 aliphatic heterocycles. The van der Waals surface area contributed by atoms with Crippen LogP contribution >= 0.6 is 12.2 Å². The molecule has 2 N–H and O–H groups in total. The van der Waals surface area contributed by atoms with Crippen LogP contribution in [0.2, 0.25) is 0 Å². The van der Waals surface area contributed by atoms with Crippen LogP contribution in [0.15, 0.2) is 23.4 Å². The molecular formula is C16H20N2O5S. The van der Waals surface area contributed by atoms with Crippen LogP contribution < -0.4 is 24.8 Å². The van der Waals surface area contributed by atoms with E-state index in [1.54, 1.807) is 19.1 Å². The molecule has 0 spiro atoms. The van der Waals surface area contributed by atoms with Gasteiger partial charge < -0.3 is 29.6 Å². The van der Waals surface area contributed by atoms with E-state index >= 15 is 0 Å². The van der Waals surface area contributed by atoms with Gasteiger partial charge in [-0.2, -0.15) is 0 Å². The molecule has 0 aromatic heterocycles. The maximum atomic E-state index is 12.2. The summed E-state index contributed by atoms with van der Waals surface area (Å²) in [6.45, 7) is 1.77. The number of methoxy groups -OCH3 is 4. The molecular weight excluding hydrogens is 332 g/mol. The Bertz CT molecular complexity index is 677. The van der Waals surface area contributed by atoms with E-state index in [1.807, 2.05) is 0 Å². The second kappa shape index (κ2) is 7.39. The van der Waals surface area contributed by atoms with Gasteiger partial charge in [-0.1, -0.05) is 0 Å². The minimum Gasteiger partial charge on any atom is -0.493 e. The van der Waals surface area contributed by atoms with Crippen molar-refractivity contribution in [3.8, 4) is 17.2 Å². The number of allylic oxidation sites excluding steroid dienone is 1. The molecule has 7 nitrogen and oxygen atoms in total. The minimum absolute atomic E-state index is 0.416. The van der Waals surface area contributed by atoms with E-state index in [0.29, 0.717) is 33.6 Å². The highest BCUT2D eigenvalue weighted by Gasteiger charge is 2.32. The molecule has 1 aromatic rings. The van der Waals surface area contributed by atoms with Gasteiger partial charge in [-0.3, -0.25) is 0 Å². The van der Waals surface area contributed by atoms with Gasteiger partial charge in [0, 0.05) is 5.70 Å². The quantitative estimate of drug-likeness (QED) is 0.612. The molecule has 1 heterocycles. The summed E-state index contributed by atoms with van der Waals surface area (Å²) in [6, 6.07) is 3.03. The summed E-state index contributed by atoms with van der Waals surface area (Å²) in [6.07, 6.45) is 0. The average molecular weight is 352 g/mol. The van der Waals surface area contributed by atoms with Crippen LogP contribution in [-0.2, 0) is 9.53 Å². The second-order valence-corrected chi connectivity index (χ2v) is 5.43. The summed E-state index contributed by atoms with van der Waals surface area (Å²) in [5.41, 5.74) is 1.79. The Morgan fingerprint density at radius 2 is 1.67 bits per heavy atom. The van der Waals surface area contributed by atoms with Crippen molar-refractivity contribution in [2.75, 3.05) is 28.4 Å². The van der Waals surface area contributed by atoms with Gasteiger partial charge in [-0.15, -0.1) is 0 Å². The number of hydrogen-bond acceptors (Lipinski definition) is 6. The van der Waals surface area contributed by atoms with Crippen LogP contribution in [0.25, 0.3) is 0 Å². The van der Waals surface area contributed by atoms with Crippen LogP contribution in [0.5, 0.6) is 17.2 Å². The number of esters is 1. The zero-order chi connectivity index (χ0) is 17.9. The highest BCUT2D eigenvalue weighted by molar-refractivity contribution is 7.80. The Morgan fingerprint density at radius 1 is 1.08 bits per heavy atom. The van der Waals surface area contributed by atoms with Crippen molar-refractivity contribution in [1.82, 2.24) is 10.6 Å². The topological polar surface area (TPSA) is 78.1 Å². The Labute approximate surface area is 145 Å². The van der Waals surface area contributed by atoms with Crippen molar-refractivity contribution in [1.29, 1.82) is 0 Å². The predicted molar refractivity (Wildman–Crippen MR) is 92.4 cm³/mol. The summed E-state index contributed by atoms with van der Waals surface area (Å²) in [7, 11) is 5.93. The number of ether oxygens (including phenoxy) is 4. The lowest BCUT2D eigenvalue weighted by molar-refractivity contribution is -0.136. The molecule has 24 heavy (non-hydrogen) atoms. The highest BCUT2D eigenvalue weighted by Crippen LogP contribution is 2.41. The third-order valence-electron chi connectivity index (χ3n) is 3.69. The van der Waals surface area contributed by atoms with Crippen LogP contribution in [0.3, 0.4) is 0 Å². The summed E-state index contributed by atoms with van der Waals surface area (Å²) in [4.78, 5) is 12.2. The summed E-state index contributed by atoms with van der Waals surface area (Å²) in [5.74, 6) is 0.995. The summed E-state index contributed by atoms with van der Waals surface area (Å²) < 4.78 is 21.0. The second-order valence-electron chi connectivity index (χ2n) is 5.02. The Morgan fingerprint density at radius 3 is 2.12 bits per heavy atom.